The Balaban J connectivity index is 1.74. The van der Waals surface area contributed by atoms with Gasteiger partial charge in [-0.1, -0.05) is 30.8 Å². The van der Waals surface area contributed by atoms with Gasteiger partial charge in [0, 0.05) is 28.3 Å². The molecule has 2 aromatic rings. The number of carbonyl (C=O) groups is 2. The lowest BCUT2D eigenvalue weighted by atomic mass is 10.1. The van der Waals surface area contributed by atoms with Crippen LogP contribution in [-0.4, -0.2) is 26.9 Å². The molecule has 1 amide bonds. The third-order valence-electron chi connectivity index (χ3n) is 4.02. The van der Waals surface area contributed by atoms with Crippen molar-refractivity contribution >= 4 is 40.9 Å². The van der Waals surface area contributed by atoms with E-state index in [9.17, 15) is 14.4 Å². The van der Waals surface area contributed by atoms with Gasteiger partial charge in [-0.25, -0.2) is 4.98 Å². The van der Waals surface area contributed by atoms with Crippen molar-refractivity contribution < 1.29 is 9.59 Å². The Kier molecular flexibility index (Phi) is 5.83. The molecule has 136 valence electrons. The van der Waals surface area contributed by atoms with Gasteiger partial charge in [0.1, 0.15) is 0 Å². The van der Waals surface area contributed by atoms with Crippen LogP contribution >= 0.6 is 23.5 Å². The first-order valence-corrected chi connectivity index (χ1v) is 10.3. The summed E-state index contributed by atoms with van der Waals surface area (Å²) >= 11 is 2.92. The van der Waals surface area contributed by atoms with Gasteiger partial charge >= 0.3 is 0 Å². The monoisotopic (exact) mass is 389 g/mol. The molecule has 26 heavy (non-hydrogen) atoms. The van der Waals surface area contributed by atoms with E-state index in [0.717, 1.165) is 17.0 Å². The van der Waals surface area contributed by atoms with Gasteiger partial charge in [-0.15, -0.1) is 0 Å². The lowest BCUT2D eigenvalue weighted by Crippen LogP contribution is -2.25. The molecule has 1 unspecified atom stereocenters. The fraction of sp³-hybridized carbons (Fsp3) is 0.333. The minimum absolute atomic E-state index is 0.0553. The molecule has 8 heteroatoms. The normalized spacial score (nSPS) is 13.9. The Morgan fingerprint density at radius 2 is 2.19 bits per heavy atom. The standard InChI is InChI=1S/C18H19N3O3S2/c1-3-15(17(24)19-12-6-4-5-11(7-12)10(2)22)26-18-20-14-9-25-8-13(14)16(23)21-18/h4-7,15H,3,8-9H2,1-2H3,(H,19,24)(H,20,21,23). The molecule has 0 radical (unpaired) electrons. The molecule has 1 aliphatic rings. The zero-order valence-electron chi connectivity index (χ0n) is 14.5. The topological polar surface area (TPSA) is 91.9 Å². The quantitative estimate of drug-likeness (QED) is 0.448. The summed E-state index contributed by atoms with van der Waals surface area (Å²) in [6.45, 7) is 3.39. The molecule has 1 aromatic heterocycles. The first-order chi connectivity index (χ1) is 12.5. The van der Waals surface area contributed by atoms with Crippen LogP contribution < -0.4 is 10.9 Å². The van der Waals surface area contributed by atoms with Crippen molar-refractivity contribution in [2.45, 2.75) is 42.2 Å². The van der Waals surface area contributed by atoms with Crippen LogP contribution in [0.5, 0.6) is 0 Å². The van der Waals surface area contributed by atoms with Crippen molar-refractivity contribution in [3.05, 3.63) is 51.4 Å². The van der Waals surface area contributed by atoms with Crippen LogP contribution in [-0.2, 0) is 16.3 Å². The van der Waals surface area contributed by atoms with E-state index in [-0.39, 0.29) is 17.2 Å². The van der Waals surface area contributed by atoms with Crippen molar-refractivity contribution in [3.63, 3.8) is 0 Å². The summed E-state index contributed by atoms with van der Waals surface area (Å²) in [6.07, 6.45) is 0.582. The van der Waals surface area contributed by atoms with Gasteiger partial charge in [-0.05, 0) is 25.5 Å². The number of Topliss-reactive ketones (excluding diaryl/α,β-unsaturated/α-hetero) is 1. The van der Waals surface area contributed by atoms with Crippen LogP contribution in [0.2, 0.25) is 0 Å². The van der Waals surface area contributed by atoms with E-state index >= 15 is 0 Å². The fourth-order valence-electron chi connectivity index (χ4n) is 2.59. The second-order valence-corrected chi connectivity index (χ2v) is 8.11. The highest BCUT2D eigenvalue weighted by molar-refractivity contribution is 8.00. The molecular formula is C18H19N3O3S2. The number of amides is 1. The summed E-state index contributed by atoms with van der Waals surface area (Å²) < 4.78 is 0. The smallest absolute Gasteiger partial charge is 0.255 e. The third-order valence-corrected chi connectivity index (χ3v) is 6.24. The second kappa shape index (κ2) is 8.09. The highest BCUT2D eigenvalue weighted by Crippen LogP contribution is 2.29. The zero-order chi connectivity index (χ0) is 18.7. The van der Waals surface area contributed by atoms with Gasteiger partial charge < -0.3 is 10.3 Å². The van der Waals surface area contributed by atoms with Crippen molar-refractivity contribution in [2.75, 3.05) is 5.32 Å². The van der Waals surface area contributed by atoms with Crippen molar-refractivity contribution in [3.8, 4) is 0 Å². The predicted molar refractivity (Wildman–Crippen MR) is 105 cm³/mol. The van der Waals surface area contributed by atoms with Crippen LogP contribution in [0.4, 0.5) is 5.69 Å². The second-order valence-electron chi connectivity index (χ2n) is 5.93. The first kappa shape index (κ1) is 18.7. The first-order valence-electron chi connectivity index (χ1n) is 8.26. The van der Waals surface area contributed by atoms with E-state index < -0.39 is 5.25 Å². The summed E-state index contributed by atoms with van der Waals surface area (Å²) in [5, 5.41) is 2.91. The van der Waals surface area contributed by atoms with Crippen LogP contribution in [0.25, 0.3) is 0 Å². The minimum atomic E-state index is -0.397. The number of thioether (sulfide) groups is 2. The molecule has 1 aromatic carbocycles. The molecule has 1 atom stereocenters. The number of nitrogens with zero attached hydrogens (tertiary/aromatic N) is 1. The summed E-state index contributed by atoms with van der Waals surface area (Å²) in [6, 6.07) is 6.84. The van der Waals surface area contributed by atoms with Gasteiger partial charge in [0.25, 0.3) is 5.56 Å². The predicted octanol–water partition coefficient (Wildman–Crippen LogP) is 3.23. The number of H-pyrrole nitrogens is 1. The van der Waals surface area contributed by atoms with Crippen LogP contribution in [0.1, 0.15) is 41.9 Å². The molecule has 1 aliphatic heterocycles. The third kappa shape index (κ3) is 4.19. The van der Waals surface area contributed by atoms with E-state index in [1.54, 1.807) is 36.0 Å². The molecular weight excluding hydrogens is 370 g/mol. The molecule has 0 bridgehead atoms. The van der Waals surface area contributed by atoms with E-state index in [0.29, 0.717) is 28.6 Å². The zero-order valence-corrected chi connectivity index (χ0v) is 16.1. The Hall–Kier alpha value is -2.06. The van der Waals surface area contributed by atoms with Crippen LogP contribution in [0, 0.1) is 0 Å². The van der Waals surface area contributed by atoms with Crippen molar-refractivity contribution in [2.24, 2.45) is 0 Å². The number of anilines is 1. The summed E-state index contributed by atoms with van der Waals surface area (Å²) in [7, 11) is 0. The highest BCUT2D eigenvalue weighted by Gasteiger charge is 2.22. The Bertz CT molecular complexity index is 911. The van der Waals surface area contributed by atoms with Gasteiger partial charge in [0.05, 0.1) is 10.9 Å². The molecule has 0 spiro atoms. The van der Waals surface area contributed by atoms with Gasteiger partial charge in [-0.3, -0.25) is 14.4 Å². The lowest BCUT2D eigenvalue weighted by Gasteiger charge is -2.15. The van der Waals surface area contributed by atoms with E-state index in [4.69, 9.17) is 0 Å². The SMILES string of the molecule is CCC(Sc1nc2c(c(=O)[nH]1)CSC2)C(=O)Nc1cccc(C(C)=O)c1. The van der Waals surface area contributed by atoms with Gasteiger partial charge in [-0.2, -0.15) is 11.8 Å². The summed E-state index contributed by atoms with van der Waals surface area (Å²) in [5.74, 6) is 1.18. The molecule has 2 N–H and O–H groups in total. The molecule has 2 heterocycles. The number of rotatable bonds is 6. The maximum atomic E-state index is 12.6. The number of nitrogens with one attached hydrogen (secondary N) is 2. The Morgan fingerprint density at radius 3 is 2.92 bits per heavy atom. The average molecular weight is 390 g/mol. The minimum Gasteiger partial charge on any atom is -0.325 e. The number of aromatic amines is 1. The van der Waals surface area contributed by atoms with Crippen LogP contribution in [0.3, 0.4) is 0 Å². The Morgan fingerprint density at radius 1 is 1.38 bits per heavy atom. The van der Waals surface area contributed by atoms with Gasteiger partial charge in [0.15, 0.2) is 10.9 Å². The van der Waals surface area contributed by atoms with Crippen LogP contribution in [0.15, 0.2) is 34.2 Å². The number of fused-ring (bicyclic) bond motifs is 1. The van der Waals surface area contributed by atoms with Gasteiger partial charge in [0.2, 0.25) is 5.91 Å². The Labute approximate surface area is 159 Å². The largest absolute Gasteiger partial charge is 0.325 e. The average Bonchev–Trinajstić information content (AvgIpc) is 3.09. The van der Waals surface area contributed by atoms with Crippen molar-refractivity contribution in [1.82, 2.24) is 9.97 Å². The van der Waals surface area contributed by atoms with E-state index in [1.165, 1.54) is 18.7 Å². The molecule has 0 aliphatic carbocycles. The summed E-state index contributed by atoms with van der Waals surface area (Å²) in [4.78, 5) is 43.5. The summed E-state index contributed by atoms with van der Waals surface area (Å²) in [5.41, 5.74) is 2.55. The molecule has 0 saturated heterocycles. The number of ketones is 1. The van der Waals surface area contributed by atoms with E-state index in [1.807, 2.05) is 6.92 Å². The number of hydrogen-bond acceptors (Lipinski definition) is 6. The number of carbonyl (C=O) groups excluding carboxylic acids is 2. The van der Waals surface area contributed by atoms with E-state index in [2.05, 4.69) is 15.3 Å². The number of aromatic nitrogens is 2. The fourth-order valence-corrected chi connectivity index (χ4v) is 4.54. The molecule has 6 nitrogen and oxygen atoms in total. The highest BCUT2D eigenvalue weighted by atomic mass is 32.2. The maximum absolute atomic E-state index is 12.6. The number of benzene rings is 1. The maximum Gasteiger partial charge on any atom is 0.255 e. The molecule has 3 rings (SSSR count). The molecule has 0 saturated carbocycles. The lowest BCUT2D eigenvalue weighted by molar-refractivity contribution is -0.115. The van der Waals surface area contributed by atoms with Crippen molar-refractivity contribution in [1.29, 1.82) is 0 Å². The molecule has 0 fully saturated rings. The number of hydrogen-bond donors (Lipinski definition) is 2.